The van der Waals surface area contributed by atoms with E-state index in [9.17, 15) is 0 Å². The summed E-state index contributed by atoms with van der Waals surface area (Å²) in [7, 11) is -4.64. The number of hydrogen-bond acceptors (Lipinski definition) is 3. The summed E-state index contributed by atoms with van der Waals surface area (Å²) < 4.78 is 8.88. The summed E-state index contributed by atoms with van der Waals surface area (Å²) in [6, 6.07) is 0. The molecule has 62 valence electrons. The Morgan fingerprint density at radius 1 is 1.00 bits per heavy atom. The maximum Gasteiger partial charge on any atom is 0.466 e. The Morgan fingerprint density at radius 3 is 1.00 bits per heavy atom. The molecule has 0 unspecified atom stereocenters. The van der Waals surface area contributed by atoms with Crippen molar-refractivity contribution in [2.45, 2.75) is 0 Å². The van der Waals surface area contributed by atoms with Crippen molar-refractivity contribution >= 4 is 31.1 Å². The minimum Gasteiger partial charge on any atom is -1.00 e. The molecule has 0 atom stereocenters. The van der Waals surface area contributed by atoms with Crippen LogP contribution in [-0.4, -0.2) is 14.7 Å². The monoisotopic (exact) mass is 448 g/mol. The van der Waals surface area contributed by atoms with Crippen LogP contribution in [-0.2, 0) is 96.2 Å². The molecule has 10 heteroatoms. The normalized spacial score (nSPS) is 6.50. The fraction of sp³-hybridized carbons (Fsp3) is 0. The Balaban J connectivity index is -0.0000000154. The Hall–Kier alpha value is 3.07. The van der Waals surface area contributed by atoms with Gasteiger partial charge in [0.25, 0.3) is 0 Å². The second kappa shape index (κ2) is 18.0. The fourth-order valence-electron chi connectivity index (χ4n) is 0. The zero-order valence-electron chi connectivity index (χ0n) is 4.33. The van der Waals surface area contributed by atoms with E-state index >= 15 is 0 Å². The second-order valence-electron chi connectivity index (χ2n) is 0.513. The van der Waals surface area contributed by atoms with Crippen LogP contribution in [0.5, 0.6) is 0 Å². The van der Waals surface area contributed by atoms with Gasteiger partial charge in [-0.05, 0) is 0 Å². The predicted octanol–water partition coefficient (Wildman–Crippen LogP) is -0.941. The molecule has 0 aromatic carbocycles. The average Bonchev–Trinajstić information content (AvgIpc) is 1.36. The molecule has 0 saturated heterocycles. The Morgan fingerprint density at radius 2 is 1.00 bits per heavy atom. The van der Waals surface area contributed by atoms with Gasteiger partial charge in [0.1, 0.15) is 0 Å². The Kier molecular flexibility index (Phi) is 52.6. The zero-order chi connectivity index (χ0) is 6.50. The van der Waals surface area contributed by atoms with Crippen molar-refractivity contribution in [2.24, 2.45) is 0 Å². The third-order valence-electron chi connectivity index (χ3n) is 0. The summed E-state index contributed by atoms with van der Waals surface area (Å²) >= 11 is 7.33. The van der Waals surface area contributed by atoms with Crippen molar-refractivity contribution in [3.63, 3.8) is 0 Å². The minimum absolute atomic E-state index is 0. The van der Waals surface area contributed by atoms with Crippen LogP contribution in [0.4, 0.5) is 0 Å². The Labute approximate surface area is 117 Å². The van der Waals surface area contributed by atoms with Crippen LogP contribution in [0.1, 0.15) is 0 Å². The van der Waals surface area contributed by atoms with E-state index in [0.29, 0.717) is 0 Å². The molecular weight excluding hydrogens is 442 g/mol. The molecule has 0 aromatic heterocycles. The minimum atomic E-state index is -4.64. The fourth-order valence-corrected chi connectivity index (χ4v) is 0. The average molecular weight is 445 g/mol. The van der Waals surface area contributed by atoms with Crippen LogP contribution in [0.2, 0.25) is 0 Å². The van der Waals surface area contributed by atoms with Gasteiger partial charge in [-0.2, -0.15) is 0 Å². The second-order valence-corrected chi connectivity index (χ2v) is 1.54. The maximum atomic E-state index is 8.88. The van der Waals surface area contributed by atoms with Crippen LogP contribution >= 0.6 is 7.82 Å². The summed E-state index contributed by atoms with van der Waals surface area (Å²) in [5.41, 5.74) is 0. The van der Waals surface area contributed by atoms with Gasteiger partial charge >= 0.3 is 7.82 Å². The van der Waals surface area contributed by atoms with Gasteiger partial charge in [-0.3, -0.25) is 0 Å². The largest absolute Gasteiger partial charge is 1.00 e. The van der Waals surface area contributed by atoms with Crippen LogP contribution in [0.15, 0.2) is 0 Å². The van der Waals surface area contributed by atoms with Gasteiger partial charge in [0.15, 0.2) is 0 Å². The molecule has 0 rings (SSSR count). The van der Waals surface area contributed by atoms with E-state index in [0.717, 1.165) is 0 Å². The molecule has 0 spiro atoms. The first-order chi connectivity index (χ1) is 3.00. The number of phosphoric acid groups is 1. The van der Waals surface area contributed by atoms with E-state index in [-0.39, 0.29) is 68.3 Å². The molecule has 0 saturated carbocycles. The van der Waals surface area contributed by atoms with E-state index in [1.807, 2.05) is 0 Å². The maximum absolute atomic E-state index is 8.88. The molecule has 0 radical (unpaired) electrons. The van der Waals surface area contributed by atoms with E-state index in [2.05, 4.69) is 23.3 Å². The number of rotatable bonds is 0. The molecule has 0 aliphatic rings. The van der Waals surface area contributed by atoms with Crippen molar-refractivity contribution in [3.05, 3.63) is 0 Å². The molecule has 0 fully saturated rings. The van der Waals surface area contributed by atoms with E-state index in [1.54, 1.807) is 0 Å². The van der Waals surface area contributed by atoms with Gasteiger partial charge in [0.05, 0.1) is 0 Å². The van der Waals surface area contributed by atoms with E-state index in [1.165, 1.54) is 0 Å². The first-order valence-corrected chi connectivity index (χ1v) is 3.85. The van der Waals surface area contributed by atoms with Crippen LogP contribution in [0, 0.1) is 0 Å². The van der Waals surface area contributed by atoms with Crippen LogP contribution in [0.25, 0.3) is 0 Å². The van der Waals surface area contributed by atoms with Gasteiger partial charge < -0.3 is 38.0 Å². The van der Waals surface area contributed by atoms with Crippen molar-refractivity contribution in [1.29, 1.82) is 0 Å². The number of hydrogen-bond donors (Lipinski definition) is 3. The van der Waals surface area contributed by atoms with Gasteiger partial charge in [-0.1, -0.05) is 0 Å². The molecule has 0 aliphatic heterocycles. The van der Waals surface area contributed by atoms with Crippen LogP contribution in [0.3, 0.4) is 0 Å². The van der Waals surface area contributed by atoms with E-state index < -0.39 is 7.82 Å². The zero-order valence-corrected chi connectivity index (χ0v) is 13.3. The molecule has 0 aliphatic carbocycles. The molecule has 0 heterocycles. The standard InChI is InChI=1S/2Mo.H3O4P.S2.Zr/c;;1-5(2,3)4;1-2;/h;;(H3,1,2,3,4);;/q;;;-2;. The topological polar surface area (TPSA) is 77.8 Å². The molecule has 0 aromatic rings. The first kappa shape index (κ1) is 29.2. The third kappa shape index (κ3) is 119. The van der Waals surface area contributed by atoms with Gasteiger partial charge in [0, 0.05) is 68.3 Å². The van der Waals surface area contributed by atoms with Crippen molar-refractivity contribution < 1.29 is 87.6 Å². The molecule has 0 amide bonds. The molecule has 10 heavy (non-hydrogen) atoms. The summed E-state index contributed by atoms with van der Waals surface area (Å²) in [6.07, 6.45) is 0. The summed E-state index contributed by atoms with van der Waals surface area (Å²) in [6.45, 7) is 0. The van der Waals surface area contributed by atoms with Gasteiger partial charge in [0.2, 0.25) is 0 Å². The molecule has 4 nitrogen and oxygen atoms in total. The van der Waals surface area contributed by atoms with Crippen molar-refractivity contribution in [1.82, 2.24) is 0 Å². The van der Waals surface area contributed by atoms with Crippen LogP contribution < -0.4 is 0 Å². The Bertz CT molecular complexity index is 67.4. The quantitative estimate of drug-likeness (QED) is 0.194. The summed E-state index contributed by atoms with van der Waals surface area (Å²) in [5.74, 6) is 0. The summed E-state index contributed by atoms with van der Waals surface area (Å²) in [5, 5.41) is 0. The van der Waals surface area contributed by atoms with Crippen molar-refractivity contribution in [3.8, 4) is 0 Å². The van der Waals surface area contributed by atoms with Crippen molar-refractivity contribution in [2.75, 3.05) is 0 Å². The van der Waals surface area contributed by atoms with E-state index in [4.69, 9.17) is 19.2 Å². The SMILES string of the molecule is O=P(O)(O)O.[Mo].[Mo].[S-][S-].[Zr]. The van der Waals surface area contributed by atoms with Gasteiger partial charge in [-0.25, -0.2) is 4.57 Å². The van der Waals surface area contributed by atoms with Gasteiger partial charge in [-0.15, -0.1) is 0 Å². The smallest absolute Gasteiger partial charge is 0.466 e. The molecule has 0 bridgehead atoms. The molecular formula is H3Mo2O4PS2Zr-2. The molecule has 3 N–H and O–H groups in total. The third-order valence-corrected chi connectivity index (χ3v) is 0. The summed E-state index contributed by atoms with van der Waals surface area (Å²) in [4.78, 5) is 21.6. The predicted molar refractivity (Wildman–Crippen MR) is 29.0 cm³/mol. The first-order valence-electron chi connectivity index (χ1n) is 0.949.